The molecule has 1 aromatic carbocycles. The largest absolute Gasteiger partial charge is 0.493 e. The molecule has 0 bridgehead atoms. The van der Waals surface area contributed by atoms with Gasteiger partial charge in [0.2, 0.25) is 0 Å². The molecular weight excluding hydrogens is 290 g/mol. The fraction of sp³-hybridized carbons (Fsp3) is 0.444. The lowest BCUT2D eigenvalue weighted by Gasteiger charge is -2.14. The SMILES string of the molecule is CCCOc1ccc(NC)cc1-c1nc(CC)c(CC)c(=O)[nH]1. The number of nitrogens with zero attached hydrogens (tertiary/aromatic N) is 1. The Hall–Kier alpha value is -2.30. The van der Waals surface area contributed by atoms with Crippen LogP contribution in [0.15, 0.2) is 23.0 Å². The number of aromatic amines is 1. The van der Waals surface area contributed by atoms with E-state index in [2.05, 4.69) is 22.2 Å². The van der Waals surface area contributed by atoms with E-state index < -0.39 is 0 Å². The van der Waals surface area contributed by atoms with Crippen molar-refractivity contribution in [1.82, 2.24) is 9.97 Å². The molecule has 5 nitrogen and oxygen atoms in total. The van der Waals surface area contributed by atoms with Crippen LogP contribution in [0.4, 0.5) is 5.69 Å². The van der Waals surface area contributed by atoms with E-state index in [0.717, 1.165) is 41.1 Å². The molecule has 2 aromatic rings. The smallest absolute Gasteiger partial charge is 0.254 e. The summed E-state index contributed by atoms with van der Waals surface area (Å²) in [6.07, 6.45) is 2.34. The summed E-state index contributed by atoms with van der Waals surface area (Å²) in [4.78, 5) is 19.9. The van der Waals surface area contributed by atoms with Gasteiger partial charge in [-0.1, -0.05) is 20.8 Å². The lowest BCUT2D eigenvalue weighted by Crippen LogP contribution is -2.18. The maximum absolute atomic E-state index is 12.4. The van der Waals surface area contributed by atoms with Gasteiger partial charge in [-0.25, -0.2) is 4.98 Å². The quantitative estimate of drug-likeness (QED) is 0.822. The molecule has 0 aliphatic carbocycles. The molecule has 5 heteroatoms. The van der Waals surface area contributed by atoms with Crippen LogP contribution in [0.2, 0.25) is 0 Å². The molecule has 0 aliphatic rings. The monoisotopic (exact) mass is 315 g/mol. The van der Waals surface area contributed by atoms with Crippen molar-refractivity contribution in [3.05, 3.63) is 39.8 Å². The van der Waals surface area contributed by atoms with Crippen LogP contribution in [-0.4, -0.2) is 23.6 Å². The number of anilines is 1. The molecule has 0 radical (unpaired) electrons. The highest BCUT2D eigenvalue weighted by Gasteiger charge is 2.14. The third kappa shape index (κ3) is 3.73. The minimum atomic E-state index is -0.0642. The number of H-pyrrole nitrogens is 1. The summed E-state index contributed by atoms with van der Waals surface area (Å²) < 4.78 is 5.82. The molecule has 2 rings (SSSR count). The van der Waals surface area contributed by atoms with Gasteiger partial charge in [0.1, 0.15) is 11.6 Å². The zero-order valence-electron chi connectivity index (χ0n) is 14.3. The van der Waals surface area contributed by atoms with Gasteiger partial charge in [0.25, 0.3) is 5.56 Å². The molecule has 0 amide bonds. The number of hydrogen-bond acceptors (Lipinski definition) is 4. The number of hydrogen-bond donors (Lipinski definition) is 2. The molecule has 0 unspecified atom stereocenters. The lowest BCUT2D eigenvalue weighted by atomic mass is 10.1. The second kappa shape index (κ2) is 7.81. The Morgan fingerprint density at radius 2 is 2.00 bits per heavy atom. The first kappa shape index (κ1) is 17.1. The van der Waals surface area contributed by atoms with Crippen molar-refractivity contribution in [2.45, 2.75) is 40.0 Å². The average molecular weight is 315 g/mol. The molecule has 124 valence electrons. The van der Waals surface area contributed by atoms with Gasteiger partial charge in [0.15, 0.2) is 0 Å². The predicted octanol–water partition coefficient (Wildman–Crippen LogP) is 3.39. The summed E-state index contributed by atoms with van der Waals surface area (Å²) in [7, 11) is 1.86. The number of aromatic nitrogens is 2. The van der Waals surface area contributed by atoms with Crippen molar-refractivity contribution in [3.8, 4) is 17.1 Å². The van der Waals surface area contributed by atoms with Gasteiger partial charge in [0, 0.05) is 18.3 Å². The summed E-state index contributed by atoms with van der Waals surface area (Å²) in [5.74, 6) is 1.30. The third-order valence-electron chi connectivity index (χ3n) is 3.77. The number of rotatable bonds is 7. The summed E-state index contributed by atoms with van der Waals surface area (Å²) in [5.41, 5.74) is 3.30. The van der Waals surface area contributed by atoms with E-state index in [4.69, 9.17) is 4.74 Å². The number of aryl methyl sites for hydroxylation is 1. The van der Waals surface area contributed by atoms with Gasteiger partial charge in [-0.15, -0.1) is 0 Å². The van der Waals surface area contributed by atoms with Crippen molar-refractivity contribution < 1.29 is 4.74 Å². The molecule has 23 heavy (non-hydrogen) atoms. The van der Waals surface area contributed by atoms with Gasteiger partial charge in [-0.2, -0.15) is 0 Å². The predicted molar refractivity (Wildman–Crippen MR) is 94.4 cm³/mol. The van der Waals surface area contributed by atoms with Gasteiger partial charge in [-0.3, -0.25) is 4.79 Å². The highest BCUT2D eigenvalue weighted by atomic mass is 16.5. The van der Waals surface area contributed by atoms with E-state index in [9.17, 15) is 4.79 Å². The van der Waals surface area contributed by atoms with E-state index >= 15 is 0 Å². The standard InChI is InChI=1S/C18H25N3O2/c1-5-10-23-16-9-8-12(19-4)11-14(16)17-20-15(7-3)13(6-2)18(22)21-17/h8-9,11,19H,5-7,10H2,1-4H3,(H,20,21,22). The zero-order valence-corrected chi connectivity index (χ0v) is 14.3. The van der Waals surface area contributed by atoms with Crippen LogP contribution in [0, 0.1) is 0 Å². The maximum atomic E-state index is 12.4. The molecule has 0 spiro atoms. The van der Waals surface area contributed by atoms with Crippen molar-refractivity contribution >= 4 is 5.69 Å². The Morgan fingerprint density at radius 3 is 2.61 bits per heavy atom. The minimum absolute atomic E-state index is 0.0642. The van der Waals surface area contributed by atoms with Crippen LogP contribution in [0.3, 0.4) is 0 Å². The number of ether oxygens (including phenoxy) is 1. The van der Waals surface area contributed by atoms with Crippen molar-refractivity contribution in [1.29, 1.82) is 0 Å². The van der Waals surface area contributed by atoms with Crippen LogP contribution in [0.25, 0.3) is 11.4 Å². The van der Waals surface area contributed by atoms with Crippen LogP contribution >= 0.6 is 0 Å². The zero-order chi connectivity index (χ0) is 16.8. The van der Waals surface area contributed by atoms with E-state index in [-0.39, 0.29) is 5.56 Å². The van der Waals surface area contributed by atoms with Crippen LogP contribution in [-0.2, 0) is 12.8 Å². The van der Waals surface area contributed by atoms with Crippen molar-refractivity contribution in [2.24, 2.45) is 0 Å². The third-order valence-corrected chi connectivity index (χ3v) is 3.77. The Balaban J connectivity index is 2.59. The first-order valence-corrected chi connectivity index (χ1v) is 8.21. The Bertz CT molecular complexity index is 723. The second-order valence-electron chi connectivity index (χ2n) is 5.36. The summed E-state index contributed by atoms with van der Waals surface area (Å²) in [6, 6.07) is 5.82. The Morgan fingerprint density at radius 1 is 1.22 bits per heavy atom. The van der Waals surface area contributed by atoms with Crippen molar-refractivity contribution in [2.75, 3.05) is 19.0 Å². The number of benzene rings is 1. The fourth-order valence-electron chi connectivity index (χ4n) is 2.54. The lowest BCUT2D eigenvalue weighted by molar-refractivity contribution is 0.318. The first-order chi connectivity index (χ1) is 11.1. The second-order valence-corrected chi connectivity index (χ2v) is 5.36. The maximum Gasteiger partial charge on any atom is 0.254 e. The summed E-state index contributed by atoms with van der Waals surface area (Å²) in [6.45, 7) is 6.68. The Labute approximate surface area is 137 Å². The molecule has 0 atom stereocenters. The molecular formula is C18H25N3O2. The summed E-state index contributed by atoms with van der Waals surface area (Å²) >= 11 is 0. The molecule has 1 aromatic heterocycles. The highest BCUT2D eigenvalue weighted by molar-refractivity contribution is 5.69. The highest BCUT2D eigenvalue weighted by Crippen LogP contribution is 2.30. The van der Waals surface area contributed by atoms with Crippen molar-refractivity contribution in [3.63, 3.8) is 0 Å². The molecule has 2 N–H and O–H groups in total. The van der Waals surface area contributed by atoms with E-state index in [1.54, 1.807) is 0 Å². The van der Waals surface area contributed by atoms with Gasteiger partial charge >= 0.3 is 0 Å². The topological polar surface area (TPSA) is 67.0 Å². The average Bonchev–Trinajstić information content (AvgIpc) is 2.58. The molecule has 0 aliphatic heterocycles. The van der Waals surface area contributed by atoms with Crippen LogP contribution in [0.5, 0.6) is 5.75 Å². The van der Waals surface area contributed by atoms with E-state index in [0.29, 0.717) is 18.9 Å². The van der Waals surface area contributed by atoms with Gasteiger partial charge < -0.3 is 15.0 Å². The minimum Gasteiger partial charge on any atom is -0.493 e. The molecule has 0 saturated carbocycles. The fourth-order valence-corrected chi connectivity index (χ4v) is 2.54. The van der Waals surface area contributed by atoms with Crippen LogP contribution < -0.4 is 15.6 Å². The molecule has 0 saturated heterocycles. The first-order valence-electron chi connectivity index (χ1n) is 8.21. The molecule has 1 heterocycles. The molecule has 0 fully saturated rings. The number of nitrogens with one attached hydrogen (secondary N) is 2. The Kier molecular flexibility index (Phi) is 5.79. The summed E-state index contributed by atoms with van der Waals surface area (Å²) in [5, 5.41) is 3.11. The van der Waals surface area contributed by atoms with Gasteiger partial charge in [0.05, 0.1) is 17.9 Å². The van der Waals surface area contributed by atoms with Gasteiger partial charge in [-0.05, 0) is 37.5 Å². The normalized spacial score (nSPS) is 10.6. The van der Waals surface area contributed by atoms with E-state index in [1.807, 2.05) is 39.1 Å². The van der Waals surface area contributed by atoms with Crippen LogP contribution in [0.1, 0.15) is 38.4 Å². The van der Waals surface area contributed by atoms with E-state index in [1.165, 1.54) is 0 Å².